The van der Waals surface area contributed by atoms with Crippen LogP contribution in [0, 0.1) is 0 Å². The van der Waals surface area contributed by atoms with Gasteiger partial charge in [0.1, 0.15) is 0 Å². The van der Waals surface area contributed by atoms with Crippen molar-refractivity contribution in [3.05, 3.63) is 42.0 Å². The van der Waals surface area contributed by atoms with Crippen molar-refractivity contribution in [3.8, 4) is 0 Å². The summed E-state index contributed by atoms with van der Waals surface area (Å²) in [6.07, 6.45) is 2.13. The van der Waals surface area contributed by atoms with Crippen molar-refractivity contribution >= 4 is 22.4 Å². The van der Waals surface area contributed by atoms with Gasteiger partial charge in [0.05, 0.1) is 5.69 Å². The average molecular weight is 239 g/mol. The van der Waals surface area contributed by atoms with Crippen LogP contribution >= 0.6 is 0 Å². The zero-order valence-electron chi connectivity index (χ0n) is 10.8. The van der Waals surface area contributed by atoms with Gasteiger partial charge in [-0.05, 0) is 30.9 Å². The Labute approximate surface area is 107 Å². The normalized spacial score (nSPS) is 15.4. The Hall–Kier alpha value is -1.83. The van der Waals surface area contributed by atoms with Gasteiger partial charge in [0, 0.05) is 17.0 Å². The van der Waals surface area contributed by atoms with Crippen molar-refractivity contribution in [3.63, 3.8) is 0 Å². The van der Waals surface area contributed by atoms with Crippen molar-refractivity contribution in [2.45, 2.75) is 32.7 Å². The van der Waals surface area contributed by atoms with E-state index < -0.39 is 0 Å². The molecule has 1 amide bonds. The predicted molar refractivity (Wildman–Crippen MR) is 75.1 cm³/mol. The first-order valence-electron chi connectivity index (χ1n) is 6.59. The highest BCUT2D eigenvalue weighted by Gasteiger charge is 2.32. The van der Waals surface area contributed by atoms with Crippen LogP contribution in [0.1, 0.15) is 37.0 Å². The quantitative estimate of drug-likeness (QED) is 0.793. The maximum atomic E-state index is 12.5. The highest BCUT2D eigenvalue weighted by Crippen LogP contribution is 2.38. The molecule has 0 aromatic heterocycles. The number of carbonyl (C=O) groups excluding carboxylic acids is 1. The molecule has 2 aromatic rings. The van der Waals surface area contributed by atoms with E-state index in [1.54, 1.807) is 0 Å². The summed E-state index contributed by atoms with van der Waals surface area (Å²) in [6.45, 7) is 4.29. The van der Waals surface area contributed by atoms with E-state index in [4.69, 9.17) is 0 Å². The predicted octanol–water partition coefficient (Wildman–Crippen LogP) is 3.99. The molecule has 0 saturated carbocycles. The Morgan fingerprint density at radius 3 is 2.61 bits per heavy atom. The van der Waals surface area contributed by atoms with Gasteiger partial charge in [-0.25, -0.2) is 0 Å². The van der Waals surface area contributed by atoms with Gasteiger partial charge < -0.3 is 4.90 Å². The number of anilines is 1. The molecule has 92 valence electrons. The van der Waals surface area contributed by atoms with E-state index in [1.165, 1.54) is 0 Å². The minimum Gasteiger partial charge on any atom is -0.305 e. The number of hydrogen-bond acceptors (Lipinski definition) is 1. The second-order valence-electron chi connectivity index (χ2n) is 4.99. The second-order valence-corrected chi connectivity index (χ2v) is 4.99. The van der Waals surface area contributed by atoms with Gasteiger partial charge >= 0.3 is 0 Å². The molecule has 2 heteroatoms. The summed E-state index contributed by atoms with van der Waals surface area (Å²) in [5.74, 6) is 0.155. The molecule has 1 unspecified atom stereocenters. The van der Waals surface area contributed by atoms with Crippen LogP contribution < -0.4 is 4.90 Å². The molecule has 2 aromatic carbocycles. The average Bonchev–Trinajstić information content (AvgIpc) is 2.66. The molecule has 18 heavy (non-hydrogen) atoms. The summed E-state index contributed by atoms with van der Waals surface area (Å²) in [6, 6.07) is 12.4. The zero-order chi connectivity index (χ0) is 12.7. The summed E-state index contributed by atoms with van der Waals surface area (Å²) >= 11 is 0. The second kappa shape index (κ2) is 4.13. The number of benzene rings is 2. The summed E-state index contributed by atoms with van der Waals surface area (Å²) in [4.78, 5) is 14.5. The van der Waals surface area contributed by atoms with Crippen molar-refractivity contribution in [2.75, 3.05) is 4.90 Å². The van der Waals surface area contributed by atoms with Crippen LogP contribution in [0.2, 0.25) is 0 Å². The molecule has 1 aliphatic heterocycles. The molecule has 0 aliphatic carbocycles. The van der Waals surface area contributed by atoms with Crippen LogP contribution in [0.25, 0.3) is 10.8 Å². The highest BCUT2D eigenvalue weighted by molar-refractivity contribution is 6.25. The van der Waals surface area contributed by atoms with Gasteiger partial charge in [-0.15, -0.1) is 0 Å². The van der Waals surface area contributed by atoms with Crippen molar-refractivity contribution < 1.29 is 4.79 Å². The monoisotopic (exact) mass is 239 g/mol. The highest BCUT2D eigenvalue weighted by atomic mass is 16.2. The lowest BCUT2D eigenvalue weighted by atomic mass is 10.1. The van der Waals surface area contributed by atoms with E-state index in [0.717, 1.165) is 34.9 Å². The lowest BCUT2D eigenvalue weighted by Crippen LogP contribution is -2.35. The van der Waals surface area contributed by atoms with Gasteiger partial charge in [0.2, 0.25) is 0 Å². The number of nitrogens with zero attached hydrogens (tertiary/aromatic N) is 1. The number of hydrogen-bond donors (Lipinski definition) is 0. The van der Waals surface area contributed by atoms with Crippen LogP contribution in [0.3, 0.4) is 0 Å². The Balaban J connectivity index is 2.19. The number of rotatable bonds is 3. The largest absolute Gasteiger partial charge is 0.305 e. The topological polar surface area (TPSA) is 20.3 Å². The van der Waals surface area contributed by atoms with Crippen molar-refractivity contribution in [1.82, 2.24) is 0 Å². The molecular formula is C16H17NO. The molecule has 0 radical (unpaired) electrons. The maximum Gasteiger partial charge on any atom is 0.259 e. The third-order valence-electron chi connectivity index (χ3n) is 3.74. The molecule has 1 atom stereocenters. The van der Waals surface area contributed by atoms with Crippen molar-refractivity contribution in [1.29, 1.82) is 0 Å². The molecule has 2 nitrogen and oxygen atoms in total. The Kier molecular flexibility index (Phi) is 2.58. The van der Waals surface area contributed by atoms with Crippen LogP contribution in [0.4, 0.5) is 5.69 Å². The van der Waals surface area contributed by atoms with E-state index in [0.29, 0.717) is 0 Å². The van der Waals surface area contributed by atoms with Crippen molar-refractivity contribution in [2.24, 2.45) is 0 Å². The number of amides is 1. The Morgan fingerprint density at radius 2 is 1.89 bits per heavy atom. The fourth-order valence-electron chi connectivity index (χ4n) is 2.92. The summed E-state index contributed by atoms with van der Waals surface area (Å²) in [7, 11) is 0. The fourth-order valence-corrected chi connectivity index (χ4v) is 2.92. The van der Waals surface area contributed by atoms with E-state index in [1.807, 2.05) is 23.1 Å². The minimum atomic E-state index is 0.155. The molecule has 0 bridgehead atoms. The maximum absolute atomic E-state index is 12.5. The summed E-state index contributed by atoms with van der Waals surface area (Å²) in [5.41, 5.74) is 1.93. The first kappa shape index (κ1) is 11.3. The molecule has 3 rings (SSSR count). The summed E-state index contributed by atoms with van der Waals surface area (Å²) in [5, 5.41) is 2.28. The van der Waals surface area contributed by atoms with Crippen LogP contribution in [-0.4, -0.2) is 11.9 Å². The molecule has 0 fully saturated rings. The first-order valence-corrected chi connectivity index (χ1v) is 6.59. The van der Waals surface area contributed by atoms with Gasteiger partial charge in [0.25, 0.3) is 5.91 Å². The van der Waals surface area contributed by atoms with E-state index in [-0.39, 0.29) is 11.9 Å². The van der Waals surface area contributed by atoms with Crippen LogP contribution in [0.5, 0.6) is 0 Å². The first-order chi connectivity index (χ1) is 8.74. The Bertz CT molecular complexity index is 612. The molecule has 0 N–H and O–H groups in total. The van der Waals surface area contributed by atoms with Gasteiger partial charge in [0.15, 0.2) is 0 Å². The Morgan fingerprint density at radius 1 is 1.17 bits per heavy atom. The minimum absolute atomic E-state index is 0.155. The smallest absolute Gasteiger partial charge is 0.259 e. The van der Waals surface area contributed by atoms with E-state index in [2.05, 4.69) is 32.0 Å². The molecule has 1 heterocycles. The standard InChI is InChI=1S/C16H17NO/c1-3-6-11(2)17-14-10-5-8-12-7-4-9-13(15(12)14)16(17)18/h4-5,7-11H,3,6H2,1-2H3. The van der Waals surface area contributed by atoms with Crippen LogP contribution in [0.15, 0.2) is 36.4 Å². The third kappa shape index (κ3) is 1.45. The molecule has 0 saturated heterocycles. The molecular weight excluding hydrogens is 222 g/mol. The SMILES string of the molecule is CCCC(C)N1C(=O)c2cccc3cccc1c23. The van der Waals surface area contributed by atoms with Gasteiger partial charge in [-0.1, -0.05) is 37.6 Å². The molecule has 1 aliphatic rings. The van der Waals surface area contributed by atoms with Gasteiger partial charge in [-0.2, -0.15) is 0 Å². The lowest BCUT2D eigenvalue weighted by molar-refractivity contribution is 0.0984. The fraction of sp³-hybridized carbons (Fsp3) is 0.312. The number of carbonyl (C=O) groups is 1. The molecule has 0 spiro atoms. The van der Waals surface area contributed by atoms with E-state index in [9.17, 15) is 4.79 Å². The lowest BCUT2D eigenvalue weighted by Gasteiger charge is -2.25. The zero-order valence-corrected chi connectivity index (χ0v) is 10.8. The van der Waals surface area contributed by atoms with E-state index >= 15 is 0 Å². The summed E-state index contributed by atoms with van der Waals surface area (Å²) < 4.78 is 0. The van der Waals surface area contributed by atoms with Gasteiger partial charge in [-0.3, -0.25) is 4.79 Å². The third-order valence-corrected chi connectivity index (χ3v) is 3.74. The van der Waals surface area contributed by atoms with Crippen LogP contribution in [-0.2, 0) is 0 Å².